The first kappa shape index (κ1) is 22.5. The van der Waals surface area contributed by atoms with Gasteiger partial charge < -0.3 is 5.73 Å². The summed E-state index contributed by atoms with van der Waals surface area (Å²) in [4.78, 5) is 11.6. The molecule has 2 N–H and O–H groups in total. The van der Waals surface area contributed by atoms with E-state index >= 15 is 0 Å². The van der Waals surface area contributed by atoms with Crippen molar-refractivity contribution in [2.75, 3.05) is 0 Å². The van der Waals surface area contributed by atoms with E-state index < -0.39 is 34.0 Å². The quantitative estimate of drug-likeness (QED) is 0.444. The van der Waals surface area contributed by atoms with Crippen LogP contribution in [-0.2, 0) is 28.7 Å². The maximum absolute atomic E-state index is 12.8. The fourth-order valence-corrected chi connectivity index (χ4v) is 4.40. The number of nitrogens with two attached hydrogens (primary N) is 1. The summed E-state index contributed by atoms with van der Waals surface area (Å²) in [6, 6.07) is 9.41. The molecule has 0 aliphatic carbocycles. The van der Waals surface area contributed by atoms with E-state index in [2.05, 4.69) is 0 Å². The molecular weight excluding hydrogens is 424 g/mol. The molecule has 10 heteroatoms. The Morgan fingerprint density at radius 1 is 0.821 bits per heavy atom. The summed E-state index contributed by atoms with van der Waals surface area (Å²) in [5.41, 5.74) is 4.47. The van der Waals surface area contributed by atoms with Gasteiger partial charge in [-0.05, 0) is 23.3 Å². The smallest absolute Gasteiger partial charge is 0.368 e. The fourth-order valence-electron chi connectivity index (χ4n) is 2.23. The summed E-state index contributed by atoms with van der Waals surface area (Å²) < 4.78 is 75.7. The van der Waals surface area contributed by atoms with Crippen LogP contribution in [0.2, 0.25) is 0 Å². The number of carbonyl (C=O) groups excluding carboxylic acids is 1. The average Bonchev–Trinajstić information content (AvgIpc) is 2.60. The molecule has 0 aliphatic heterocycles. The maximum atomic E-state index is 12.8. The lowest BCUT2D eigenvalue weighted by Crippen LogP contribution is -2.23. The standard InChI is InChI=1S/C18H15F6NOS2/c19-17(20,21)13-5-1-3-11(7-13)9-27-16(15(25)26)28-10-12-4-2-6-14(8-12)18(22,23)24/h1-8,16H,9-10H2,(H2,25,26). The molecule has 0 bridgehead atoms. The Labute approximate surface area is 165 Å². The Hall–Kier alpha value is -1.81. The zero-order valence-electron chi connectivity index (χ0n) is 14.2. The van der Waals surface area contributed by atoms with Crippen molar-refractivity contribution in [1.29, 1.82) is 0 Å². The van der Waals surface area contributed by atoms with E-state index in [1.165, 1.54) is 24.3 Å². The molecule has 0 aromatic heterocycles. The summed E-state index contributed by atoms with van der Waals surface area (Å²) in [6.45, 7) is 0. The van der Waals surface area contributed by atoms with Gasteiger partial charge in [-0.15, -0.1) is 23.5 Å². The number of thioether (sulfide) groups is 2. The molecular formula is C18H15F6NOS2. The van der Waals surface area contributed by atoms with E-state index in [0.717, 1.165) is 47.8 Å². The molecule has 2 rings (SSSR count). The second-order valence-corrected chi connectivity index (χ2v) is 8.24. The summed E-state index contributed by atoms with van der Waals surface area (Å²) >= 11 is 2.06. The zero-order chi connectivity index (χ0) is 20.9. The van der Waals surface area contributed by atoms with Crippen LogP contribution in [0.4, 0.5) is 26.3 Å². The topological polar surface area (TPSA) is 43.1 Å². The van der Waals surface area contributed by atoms with Crippen molar-refractivity contribution in [2.45, 2.75) is 28.4 Å². The van der Waals surface area contributed by atoms with E-state index in [-0.39, 0.29) is 11.5 Å². The number of carbonyl (C=O) groups is 1. The Kier molecular flexibility index (Phi) is 7.33. The van der Waals surface area contributed by atoms with Gasteiger partial charge in [-0.25, -0.2) is 0 Å². The van der Waals surface area contributed by atoms with Crippen LogP contribution in [0, 0.1) is 0 Å². The summed E-state index contributed by atoms with van der Waals surface area (Å²) in [5.74, 6) is -0.491. The number of benzene rings is 2. The van der Waals surface area contributed by atoms with Crippen LogP contribution in [0.3, 0.4) is 0 Å². The first-order chi connectivity index (χ1) is 13.0. The molecule has 0 saturated heterocycles. The highest BCUT2D eigenvalue weighted by molar-refractivity contribution is 8.17. The second kappa shape index (κ2) is 9.13. The van der Waals surface area contributed by atoms with Crippen LogP contribution in [0.15, 0.2) is 48.5 Å². The van der Waals surface area contributed by atoms with Crippen molar-refractivity contribution in [2.24, 2.45) is 5.73 Å². The van der Waals surface area contributed by atoms with Gasteiger partial charge in [0.2, 0.25) is 5.91 Å². The highest BCUT2D eigenvalue weighted by Crippen LogP contribution is 2.34. The van der Waals surface area contributed by atoms with E-state index in [0.29, 0.717) is 11.1 Å². The van der Waals surface area contributed by atoms with E-state index in [1.54, 1.807) is 0 Å². The van der Waals surface area contributed by atoms with Gasteiger partial charge in [-0.2, -0.15) is 26.3 Å². The SMILES string of the molecule is NC(=O)C(SCc1cccc(C(F)(F)F)c1)SCc1cccc(C(F)(F)F)c1. The van der Waals surface area contributed by atoms with Gasteiger partial charge in [0.05, 0.1) is 11.1 Å². The van der Waals surface area contributed by atoms with E-state index in [4.69, 9.17) is 5.73 Å². The third kappa shape index (κ3) is 6.66. The van der Waals surface area contributed by atoms with Gasteiger partial charge >= 0.3 is 12.4 Å². The third-order valence-electron chi connectivity index (χ3n) is 3.54. The monoisotopic (exact) mass is 439 g/mol. The summed E-state index contributed by atoms with van der Waals surface area (Å²) in [7, 11) is 0. The van der Waals surface area contributed by atoms with Crippen molar-refractivity contribution in [3.63, 3.8) is 0 Å². The van der Waals surface area contributed by atoms with Crippen molar-refractivity contribution in [3.05, 3.63) is 70.8 Å². The highest BCUT2D eigenvalue weighted by Gasteiger charge is 2.31. The van der Waals surface area contributed by atoms with Crippen molar-refractivity contribution >= 4 is 29.4 Å². The van der Waals surface area contributed by atoms with Gasteiger partial charge in [0.25, 0.3) is 0 Å². The molecule has 28 heavy (non-hydrogen) atoms. The van der Waals surface area contributed by atoms with Crippen molar-refractivity contribution in [1.82, 2.24) is 0 Å². The molecule has 0 spiro atoms. The highest BCUT2D eigenvalue weighted by atomic mass is 32.2. The fraction of sp³-hybridized carbons (Fsp3) is 0.278. The molecule has 0 saturated carbocycles. The normalized spacial score (nSPS) is 12.4. The lowest BCUT2D eigenvalue weighted by Gasteiger charge is -2.14. The number of rotatable bonds is 7. The van der Waals surface area contributed by atoms with Gasteiger partial charge in [0.15, 0.2) is 0 Å². The predicted molar refractivity (Wildman–Crippen MR) is 98.5 cm³/mol. The molecule has 2 aromatic rings. The summed E-state index contributed by atoms with van der Waals surface area (Å²) in [6.07, 6.45) is -8.94. The largest absolute Gasteiger partial charge is 0.416 e. The molecule has 2 aromatic carbocycles. The molecule has 0 fully saturated rings. The molecule has 0 unspecified atom stereocenters. The first-order valence-electron chi connectivity index (χ1n) is 7.81. The van der Waals surface area contributed by atoms with E-state index in [9.17, 15) is 31.1 Å². The second-order valence-electron chi connectivity index (χ2n) is 5.75. The zero-order valence-corrected chi connectivity index (χ0v) is 15.8. The number of halogens is 6. The lowest BCUT2D eigenvalue weighted by atomic mass is 10.1. The number of alkyl halides is 6. The lowest BCUT2D eigenvalue weighted by molar-refractivity contribution is -0.138. The molecule has 0 heterocycles. The molecule has 152 valence electrons. The predicted octanol–water partition coefficient (Wildman–Crippen LogP) is 5.70. The van der Waals surface area contributed by atoms with Crippen LogP contribution < -0.4 is 5.73 Å². The Balaban J connectivity index is 2.00. The molecule has 0 aliphatic rings. The minimum Gasteiger partial charge on any atom is -0.368 e. The molecule has 0 atom stereocenters. The number of hydrogen-bond acceptors (Lipinski definition) is 3. The number of primary amides is 1. The molecule has 2 nitrogen and oxygen atoms in total. The molecule has 0 radical (unpaired) electrons. The third-order valence-corrected chi connectivity index (χ3v) is 6.43. The molecule has 1 amide bonds. The van der Waals surface area contributed by atoms with Gasteiger partial charge in [0, 0.05) is 11.5 Å². The minimum absolute atomic E-state index is 0.104. The van der Waals surface area contributed by atoms with Gasteiger partial charge in [-0.1, -0.05) is 36.4 Å². The first-order valence-corrected chi connectivity index (χ1v) is 9.91. The van der Waals surface area contributed by atoms with Crippen LogP contribution in [0.5, 0.6) is 0 Å². The van der Waals surface area contributed by atoms with Gasteiger partial charge in [-0.3, -0.25) is 4.79 Å². The van der Waals surface area contributed by atoms with Crippen molar-refractivity contribution in [3.8, 4) is 0 Å². The number of hydrogen-bond donors (Lipinski definition) is 1. The van der Waals surface area contributed by atoms with Crippen LogP contribution in [-0.4, -0.2) is 10.5 Å². The summed E-state index contributed by atoms with van der Waals surface area (Å²) in [5, 5.41) is 0. The van der Waals surface area contributed by atoms with Crippen LogP contribution in [0.25, 0.3) is 0 Å². The Morgan fingerprint density at radius 3 is 1.54 bits per heavy atom. The van der Waals surface area contributed by atoms with Crippen LogP contribution in [0.1, 0.15) is 22.3 Å². The van der Waals surface area contributed by atoms with Crippen molar-refractivity contribution < 1.29 is 31.1 Å². The van der Waals surface area contributed by atoms with E-state index in [1.807, 2.05) is 0 Å². The van der Waals surface area contributed by atoms with Crippen LogP contribution >= 0.6 is 23.5 Å². The Morgan fingerprint density at radius 2 is 1.21 bits per heavy atom. The maximum Gasteiger partial charge on any atom is 0.416 e. The number of amides is 1. The minimum atomic E-state index is -4.47. The Bertz CT molecular complexity index is 761. The van der Waals surface area contributed by atoms with Gasteiger partial charge in [0.1, 0.15) is 4.58 Å². The average molecular weight is 439 g/mol.